The molecule has 2 saturated heterocycles. The van der Waals surface area contributed by atoms with Crippen LogP contribution in [0.25, 0.3) is 0 Å². The van der Waals surface area contributed by atoms with E-state index in [1.807, 2.05) is 0 Å². The molecule has 3 heterocycles. The molecule has 2 aliphatic rings. The number of morpholine rings is 1. The minimum atomic E-state index is -3.61. The first kappa shape index (κ1) is 20.0. The number of sulfonamides is 1. The highest BCUT2D eigenvalue weighted by molar-refractivity contribution is 7.89. The zero-order valence-electron chi connectivity index (χ0n) is 15.7. The fourth-order valence-corrected chi connectivity index (χ4v) is 6.35. The maximum atomic E-state index is 13.2. The SMILES string of the molecule is O=S(=O)(c1ccc(F)cc1)N1CCC[C@@]2(CC1)CN(Cc1cccs1)CCO2. The van der Waals surface area contributed by atoms with Gasteiger partial charge < -0.3 is 4.74 Å². The molecule has 0 amide bonds. The van der Waals surface area contributed by atoms with E-state index in [0.29, 0.717) is 26.1 Å². The standard InChI is InChI=1S/C20H25FN2O3S2/c21-17-4-6-19(7-5-17)28(24,25)23-10-2-8-20(9-11-23)16-22(12-13-26-20)15-18-3-1-14-27-18/h1,3-7,14H,2,8-13,15-16H2/t20-/m1/s1. The number of hydrogen-bond acceptors (Lipinski definition) is 5. The van der Waals surface area contributed by atoms with Gasteiger partial charge in [-0.15, -0.1) is 11.3 Å². The monoisotopic (exact) mass is 424 g/mol. The van der Waals surface area contributed by atoms with Gasteiger partial charge in [-0.2, -0.15) is 4.31 Å². The highest BCUT2D eigenvalue weighted by atomic mass is 32.2. The molecule has 5 nitrogen and oxygen atoms in total. The number of ether oxygens (including phenoxy) is 1. The first-order valence-electron chi connectivity index (χ1n) is 9.61. The van der Waals surface area contributed by atoms with Gasteiger partial charge in [0.25, 0.3) is 0 Å². The fraction of sp³-hybridized carbons (Fsp3) is 0.500. The van der Waals surface area contributed by atoms with Gasteiger partial charge >= 0.3 is 0 Å². The topological polar surface area (TPSA) is 49.9 Å². The van der Waals surface area contributed by atoms with E-state index in [0.717, 1.165) is 32.5 Å². The molecule has 1 spiro atoms. The number of halogens is 1. The molecule has 4 rings (SSSR count). The molecule has 0 saturated carbocycles. The van der Waals surface area contributed by atoms with Crippen molar-refractivity contribution in [1.82, 2.24) is 9.21 Å². The Hall–Kier alpha value is -1.32. The summed E-state index contributed by atoms with van der Waals surface area (Å²) in [5.41, 5.74) is -0.289. The lowest BCUT2D eigenvalue weighted by atomic mass is 9.92. The first-order chi connectivity index (χ1) is 13.5. The van der Waals surface area contributed by atoms with E-state index < -0.39 is 15.8 Å². The third-order valence-corrected chi connectivity index (χ3v) is 8.37. The van der Waals surface area contributed by atoms with Crippen LogP contribution in [0.3, 0.4) is 0 Å². The number of thiophene rings is 1. The van der Waals surface area contributed by atoms with Crippen molar-refractivity contribution in [3.8, 4) is 0 Å². The molecule has 1 aromatic heterocycles. The van der Waals surface area contributed by atoms with E-state index in [2.05, 4.69) is 22.4 Å². The van der Waals surface area contributed by atoms with Crippen molar-refractivity contribution in [2.24, 2.45) is 0 Å². The van der Waals surface area contributed by atoms with Crippen molar-refractivity contribution in [2.75, 3.05) is 32.8 Å². The van der Waals surface area contributed by atoms with Crippen molar-refractivity contribution in [3.63, 3.8) is 0 Å². The number of benzene rings is 1. The predicted octanol–water partition coefficient (Wildman–Crippen LogP) is 3.33. The summed E-state index contributed by atoms with van der Waals surface area (Å²) in [7, 11) is -3.61. The molecule has 1 aromatic carbocycles. The lowest BCUT2D eigenvalue weighted by Crippen LogP contribution is -2.51. The van der Waals surface area contributed by atoms with Gasteiger partial charge in [-0.3, -0.25) is 4.90 Å². The predicted molar refractivity (Wildman–Crippen MR) is 107 cm³/mol. The maximum absolute atomic E-state index is 13.2. The maximum Gasteiger partial charge on any atom is 0.243 e. The Morgan fingerprint density at radius 3 is 2.68 bits per heavy atom. The van der Waals surface area contributed by atoms with Crippen molar-refractivity contribution in [3.05, 3.63) is 52.5 Å². The van der Waals surface area contributed by atoms with Crippen LogP contribution in [-0.2, 0) is 21.3 Å². The third-order valence-electron chi connectivity index (χ3n) is 5.60. The quantitative estimate of drug-likeness (QED) is 0.756. The summed E-state index contributed by atoms with van der Waals surface area (Å²) >= 11 is 1.76. The lowest BCUT2D eigenvalue weighted by Gasteiger charge is -2.42. The number of rotatable bonds is 4. The van der Waals surface area contributed by atoms with Gasteiger partial charge in [0.2, 0.25) is 10.0 Å². The second-order valence-corrected chi connectivity index (χ2v) is 10.5. The Labute approximate surface area is 169 Å². The summed E-state index contributed by atoms with van der Waals surface area (Å²) < 4.78 is 46.8. The van der Waals surface area contributed by atoms with Crippen LogP contribution >= 0.6 is 11.3 Å². The average molecular weight is 425 g/mol. The number of nitrogens with zero attached hydrogens (tertiary/aromatic N) is 2. The summed E-state index contributed by atoms with van der Waals surface area (Å²) in [6, 6.07) is 9.28. The summed E-state index contributed by atoms with van der Waals surface area (Å²) in [5.74, 6) is -0.435. The molecule has 0 bridgehead atoms. The van der Waals surface area contributed by atoms with Crippen LogP contribution in [-0.4, -0.2) is 56.0 Å². The molecule has 0 N–H and O–H groups in total. The van der Waals surface area contributed by atoms with Crippen LogP contribution < -0.4 is 0 Å². The van der Waals surface area contributed by atoms with Crippen LogP contribution in [0.1, 0.15) is 24.1 Å². The molecule has 0 radical (unpaired) electrons. The van der Waals surface area contributed by atoms with Crippen LogP contribution in [0.5, 0.6) is 0 Å². The van der Waals surface area contributed by atoms with Crippen LogP contribution in [0.4, 0.5) is 4.39 Å². The molecule has 2 aromatic rings. The molecule has 8 heteroatoms. The van der Waals surface area contributed by atoms with Crippen molar-refractivity contribution in [1.29, 1.82) is 0 Å². The van der Waals surface area contributed by atoms with E-state index in [9.17, 15) is 12.8 Å². The fourth-order valence-electron chi connectivity index (χ4n) is 4.12. The molecular weight excluding hydrogens is 399 g/mol. The summed E-state index contributed by atoms with van der Waals surface area (Å²) in [6.07, 6.45) is 2.28. The molecule has 2 fully saturated rings. The zero-order chi connectivity index (χ0) is 19.6. The smallest absolute Gasteiger partial charge is 0.243 e. The van der Waals surface area contributed by atoms with Crippen molar-refractivity contribution < 1.29 is 17.5 Å². The molecule has 1 atom stereocenters. The van der Waals surface area contributed by atoms with E-state index in [1.54, 1.807) is 11.3 Å². The molecule has 0 unspecified atom stereocenters. The van der Waals surface area contributed by atoms with E-state index in [-0.39, 0.29) is 10.5 Å². The Morgan fingerprint density at radius 2 is 1.93 bits per heavy atom. The highest BCUT2D eigenvalue weighted by Crippen LogP contribution is 2.32. The normalized spacial score (nSPS) is 25.0. The third kappa shape index (κ3) is 4.31. The first-order valence-corrected chi connectivity index (χ1v) is 11.9. The van der Waals surface area contributed by atoms with Gasteiger partial charge in [0.15, 0.2) is 0 Å². The average Bonchev–Trinajstić information content (AvgIpc) is 3.09. The van der Waals surface area contributed by atoms with Gasteiger partial charge in [-0.25, -0.2) is 12.8 Å². The van der Waals surface area contributed by atoms with E-state index in [1.165, 1.54) is 33.4 Å². The van der Waals surface area contributed by atoms with Gasteiger partial charge in [0.05, 0.1) is 17.1 Å². The van der Waals surface area contributed by atoms with E-state index in [4.69, 9.17) is 4.74 Å². The Balaban J connectivity index is 1.44. The van der Waals surface area contributed by atoms with Crippen LogP contribution in [0.2, 0.25) is 0 Å². The van der Waals surface area contributed by atoms with Gasteiger partial charge in [-0.05, 0) is 55.0 Å². The van der Waals surface area contributed by atoms with Gasteiger partial charge in [0.1, 0.15) is 5.82 Å². The Morgan fingerprint density at radius 1 is 1.11 bits per heavy atom. The molecule has 28 heavy (non-hydrogen) atoms. The Bertz CT molecular complexity index is 887. The van der Waals surface area contributed by atoms with Crippen LogP contribution in [0.15, 0.2) is 46.7 Å². The van der Waals surface area contributed by atoms with E-state index >= 15 is 0 Å². The second-order valence-electron chi connectivity index (χ2n) is 7.53. The summed E-state index contributed by atoms with van der Waals surface area (Å²) in [4.78, 5) is 3.90. The second kappa shape index (κ2) is 8.20. The Kier molecular flexibility index (Phi) is 5.85. The molecular formula is C20H25FN2O3S2. The van der Waals surface area contributed by atoms with Gasteiger partial charge in [-0.1, -0.05) is 6.07 Å². The van der Waals surface area contributed by atoms with Gasteiger partial charge in [0, 0.05) is 37.6 Å². The molecule has 0 aliphatic carbocycles. The van der Waals surface area contributed by atoms with Crippen molar-refractivity contribution in [2.45, 2.75) is 36.3 Å². The molecule has 152 valence electrons. The highest BCUT2D eigenvalue weighted by Gasteiger charge is 2.40. The van der Waals surface area contributed by atoms with Crippen molar-refractivity contribution >= 4 is 21.4 Å². The lowest BCUT2D eigenvalue weighted by molar-refractivity contribution is -0.117. The van der Waals surface area contributed by atoms with Crippen LogP contribution in [0, 0.1) is 5.82 Å². The largest absolute Gasteiger partial charge is 0.372 e. The zero-order valence-corrected chi connectivity index (χ0v) is 17.4. The minimum Gasteiger partial charge on any atom is -0.372 e. The number of hydrogen-bond donors (Lipinski definition) is 0. The summed E-state index contributed by atoms with van der Waals surface area (Å²) in [5, 5.41) is 2.09. The summed E-state index contributed by atoms with van der Waals surface area (Å²) in [6.45, 7) is 4.21. The minimum absolute atomic E-state index is 0.147. The molecule has 2 aliphatic heterocycles.